The molecule has 0 aliphatic heterocycles. The van der Waals surface area contributed by atoms with Crippen LogP contribution in [-0.2, 0) is 6.54 Å². The first-order valence-electron chi connectivity index (χ1n) is 7.97. The number of oxazole rings is 1. The zero-order valence-electron chi connectivity index (χ0n) is 14.4. The first kappa shape index (κ1) is 18.3. The molecule has 0 aliphatic rings. The van der Waals surface area contributed by atoms with Crippen LogP contribution in [0.3, 0.4) is 0 Å². The maximum Gasteiger partial charge on any atom is 0.209 e. The van der Waals surface area contributed by atoms with Gasteiger partial charge < -0.3 is 14.5 Å². The van der Waals surface area contributed by atoms with E-state index < -0.39 is 0 Å². The molecular formula is C19H16ClN5O2. The van der Waals surface area contributed by atoms with Crippen LogP contribution >= 0.6 is 11.6 Å². The van der Waals surface area contributed by atoms with E-state index in [9.17, 15) is 0 Å². The zero-order chi connectivity index (χ0) is 19.1. The van der Waals surface area contributed by atoms with Crippen LogP contribution in [0.15, 0.2) is 64.5 Å². The molecule has 0 saturated carbocycles. The standard InChI is InChI=1S/C19H16ClN5O2/c1-26-17-8-15(5-6-16(17)18-10-22-12-27-18)25-19(24-11-21)23-9-13-3-2-4-14(20)7-13/h2-8,10,12H,9H2,1H3,(H2,23,24,25). The summed E-state index contributed by atoms with van der Waals surface area (Å²) in [5.41, 5.74) is 2.40. The molecule has 7 nitrogen and oxygen atoms in total. The Labute approximate surface area is 161 Å². The Hall–Kier alpha value is -3.50. The molecule has 27 heavy (non-hydrogen) atoms. The van der Waals surface area contributed by atoms with Crippen LogP contribution in [-0.4, -0.2) is 18.1 Å². The number of aromatic nitrogens is 1. The van der Waals surface area contributed by atoms with Gasteiger partial charge in [0.2, 0.25) is 5.96 Å². The van der Waals surface area contributed by atoms with Crippen molar-refractivity contribution in [2.24, 2.45) is 4.99 Å². The average molecular weight is 382 g/mol. The SMILES string of the molecule is COc1cc(NC(=NCc2cccc(Cl)c2)NC#N)ccc1-c1cnco1. The Morgan fingerprint density at radius 2 is 2.22 bits per heavy atom. The summed E-state index contributed by atoms with van der Waals surface area (Å²) in [5, 5.41) is 15.2. The van der Waals surface area contributed by atoms with E-state index in [4.69, 9.17) is 26.0 Å². The quantitative estimate of drug-likeness (QED) is 0.299. The van der Waals surface area contributed by atoms with Gasteiger partial charge in [0.1, 0.15) is 5.75 Å². The normalized spacial score (nSPS) is 10.9. The number of hydrogen-bond donors (Lipinski definition) is 2. The second-order valence-corrected chi connectivity index (χ2v) is 5.87. The van der Waals surface area contributed by atoms with Crippen LogP contribution in [0.5, 0.6) is 5.75 Å². The Balaban J connectivity index is 1.80. The van der Waals surface area contributed by atoms with E-state index in [0.29, 0.717) is 34.7 Å². The molecule has 3 rings (SSSR count). The number of rotatable bonds is 5. The third kappa shape index (κ3) is 4.77. The number of anilines is 1. The number of halogens is 1. The number of benzene rings is 2. The third-order valence-corrected chi connectivity index (χ3v) is 3.88. The summed E-state index contributed by atoms with van der Waals surface area (Å²) >= 11 is 5.98. The third-order valence-electron chi connectivity index (χ3n) is 3.65. The van der Waals surface area contributed by atoms with Crippen LogP contribution in [0.25, 0.3) is 11.3 Å². The van der Waals surface area contributed by atoms with Gasteiger partial charge in [-0.1, -0.05) is 23.7 Å². The first-order valence-corrected chi connectivity index (χ1v) is 8.35. The largest absolute Gasteiger partial charge is 0.496 e. The number of nitrogens with one attached hydrogen (secondary N) is 2. The average Bonchev–Trinajstić information content (AvgIpc) is 3.21. The molecule has 2 aromatic carbocycles. The molecule has 0 atom stereocenters. The molecule has 0 bridgehead atoms. The lowest BCUT2D eigenvalue weighted by atomic mass is 10.1. The highest BCUT2D eigenvalue weighted by Gasteiger charge is 2.11. The molecule has 136 valence electrons. The van der Waals surface area contributed by atoms with Crippen molar-refractivity contribution >= 4 is 23.2 Å². The second kappa shape index (κ2) is 8.74. The van der Waals surface area contributed by atoms with Crippen LogP contribution in [0.1, 0.15) is 5.56 Å². The van der Waals surface area contributed by atoms with Crippen LogP contribution in [0.4, 0.5) is 5.69 Å². The smallest absolute Gasteiger partial charge is 0.209 e. The minimum atomic E-state index is 0.312. The zero-order valence-corrected chi connectivity index (χ0v) is 15.2. The van der Waals surface area contributed by atoms with Gasteiger partial charge in [0.15, 0.2) is 18.3 Å². The molecule has 0 fully saturated rings. The number of hydrogen-bond acceptors (Lipinski definition) is 5. The lowest BCUT2D eigenvalue weighted by Crippen LogP contribution is -2.26. The number of ether oxygens (including phenoxy) is 1. The highest BCUT2D eigenvalue weighted by molar-refractivity contribution is 6.30. The Morgan fingerprint density at radius 3 is 2.93 bits per heavy atom. The van der Waals surface area contributed by atoms with Gasteiger partial charge in [0.25, 0.3) is 0 Å². The van der Waals surface area contributed by atoms with E-state index in [1.54, 1.807) is 25.4 Å². The summed E-state index contributed by atoms with van der Waals surface area (Å²) in [5.74, 6) is 1.51. The topological polar surface area (TPSA) is 95.5 Å². The molecule has 3 aromatic rings. The molecule has 2 N–H and O–H groups in total. The molecule has 0 unspecified atom stereocenters. The number of methoxy groups -OCH3 is 1. The predicted molar refractivity (Wildman–Crippen MR) is 103 cm³/mol. The van der Waals surface area contributed by atoms with Crippen molar-refractivity contribution in [1.29, 1.82) is 5.26 Å². The van der Waals surface area contributed by atoms with Gasteiger partial charge in [0.05, 0.1) is 25.4 Å². The fraction of sp³-hybridized carbons (Fsp3) is 0.105. The molecule has 0 aliphatic carbocycles. The lowest BCUT2D eigenvalue weighted by Gasteiger charge is -2.12. The Morgan fingerprint density at radius 1 is 1.33 bits per heavy atom. The number of nitriles is 1. The molecule has 1 aromatic heterocycles. The molecule has 1 heterocycles. The molecule has 0 spiro atoms. The van der Waals surface area contributed by atoms with Crippen LogP contribution < -0.4 is 15.4 Å². The van der Waals surface area contributed by atoms with Gasteiger partial charge >= 0.3 is 0 Å². The monoisotopic (exact) mass is 381 g/mol. The van der Waals surface area contributed by atoms with Crippen molar-refractivity contribution < 1.29 is 9.15 Å². The van der Waals surface area contributed by atoms with Gasteiger partial charge in [-0.2, -0.15) is 5.26 Å². The Bertz CT molecular complexity index is 980. The summed E-state index contributed by atoms with van der Waals surface area (Å²) in [4.78, 5) is 8.31. The van der Waals surface area contributed by atoms with Crippen LogP contribution in [0, 0.1) is 11.5 Å². The van der Waals surface area contributed by atoms with Crippen molar-refractivity contribution in [3.63, 3.8) is 0 Å². The lowest BCUT2D eigenvalue weighted by molar-refractivity contribution is 0.415. The van der Waals surface area contributed by atoms with Crippen LogP contribution in [0.2, 0.25) is 5.02 Å². The minimum absolute atomic E-state index is 0.312. The van der Waals surface area contributed by atoms with Gasteiger partial charge in [-0.3, -0.25) is 5.32 Å². The molecule has 8 heteroatoms. The van der Waals surface area contributed by atoms with Crippen molar-refractivity contribution in [2.45, 2.75) is 6.54 Å². The van der Waals surface area contributed by atoms with Gasteiger partial charge in [-0.15, -0.1) is 0 Å². The predicted octanol–water partition coefficient (Wildman–Crippen LogP) is 4.04. The molecule has 0 radical (unpaired) electrons. The molecule has 0 saturated heterocycles. The summed E-state index contributed by atoms with van der Waals surface area (Å²) in [6.07, 6.45) is 4.84. The summed E-state index contributed by atoms with van der Waals surface area (Å²) < 4.78 is 10.7. The fourth-order valence-electron chi connectivity index (χ4n) is 2.43. The number of guanidine groups is 1. The van der Waals surface area contributed by atoms with E-state index in [0.717, 1.165) is 11.1 Å². The highest BCUT2D eigenvalue weighted by atomic mass is 35.5. The Kier molecular flexibility index (Phi) is 5.92. The summed E-state index contributed by atoms with van der Waals surface area (Å²) in [7, 11) is 1.57. The highest BCUT2D eigenvalue weighted by Crippen LogP contribution is 2.32. The van der Waals surface area contributed by atoms with Gasteiger partial charge in [-0.25, -0.2) is 9.98 Å². The second-order valence-electron chi connectivity index (χ2n) is 5.44. The minimum Gasteiger partial charge on any atom is -0.496 e. The van der Waals surface area contributed by atoms with Crippen molar-refractivity contribution in [1.82, 2.24) is 10.3 Å². The van der Waals surface area contributed by atoms with Gasteiger partial charge in [0, 0.05) is 16.8 Å². The van der Waals surface area contributed by atoms with E-state index in [1.165, 1.54) is 6.39 Å². The van der Waals surface area contributed by atoms with E-state index >= 15 is 0 Å². The number of aliphatic imine (C=N–C) groups is 1. The first-order chi connectivity index (χ1) is 13.2. The summed E-state index contributed by atoms with van der Waals surface area (Å²) in [6.45, 7) is 0.366. The fourth-order valence-corrected chi connectivity index (χ4v) is 2.64. The molecule has 0 amide bonds. The maximum atomic E-state index is 8.98. The summed E-state index contributed by atoms with van der Waals surface area (Å²) in [6, 6.07) is 12.8. The molecular weight excluding hydrogens is 366 g/mol. The van der Waals surface area contributed by atoms with Gasteiger partial charge in [-0.05, 0) is 29.8 Å². The maximum absolute atomic E-state index is 8.98. The van der Waals surface area contributed by atoms with E-state index in [2.05, 4.69) is 20.6 Å². The van der Waals surface area contributed by atoms with E-state index in [-0.39, 0.29) is 0 Å². The van der Waals surface area contributed by atoms with Crippen molar-refractivity contribution in [3.8, 4) is 23.3 Å². The van der Waals surface area contributed by atoms with Crippen molar-refractivity contribution in [2.75, 3.05) is 12.4 Å². The van der Waals surface area contributed by atoms with E-state index in [1.807, 2.05) is 36.5 Å². The van der Waals surface area contributed by atoms with Crippen molar-refractivity contribution in [3.05, 3.63) is 65.6 Å². The number of nitrogens with zero attached hydrogens (tertiary/aromatic N) is 3.